The van der Waals surface area contributed by atoms with Crippen molar-refractivity contribution in [3.63, 3.8) is 0 Å². The highest BCUT2D eigenvalue weighted by Crippen LogP contribution is 2.15. The average Bonchev–Trinajstić information content (AvgIpc) is 3.45. The Hall–Kier alpha value is -0.640. The highest BCUT2D eigenvalue weighted by atomic mass is 16.7. The molecule has 3 nitrogen and oxygen atoms in total. The maximum absolute atomic E-state index is 6.22. The van der Waals surface area contributed by atoms with Crippen molar-refractivity contribution in [1.82, 2.24) is 4.90 Å². The molecule has 1 aliphatic rings. The highest BCUT2D eigenvalue weighted by molar-refractivity contribution is 4.92. The quantitative estimate of drug-likeness (QED) is 0.0542. The Labute approximate surface area is 239 Å². The van der Waals surface area contributed by atoms with Gasteiger partial charge in [0, 0.05) is 13.2 Å². The molecule has 0 amide bonds. The normalized spacial score (nSPS) is 15.4. The minimum atomic E-state index is 0.0159. The van der Waals surface area contributed by atoms with Gasteiger partial charge in [0.1, 0.15) is 0 Å². The Morgan fingerprint density at radius 3 is 1.71 bits per heavy atom. The number of rotatable bonds is 29. The Kier molecular flexibility index (Phi) is 27.3. The fraction of sp³-hybridized carbons (Fsp3) is 0.886. The average molecular weight is 534 g/mol. The van der Waals surface area contributed by atoms with E-state index in [0.717, 1.165) is 32.5 Å². The van der Waals surface area contributed by atoms with E-state index < -0.39 is 0 Å². The van der Waals surface area contributed by atoms with Crippen LogP contribution in [-0.4, -0.2) is 44.0 Å². The molecule has 0 radical (unpaired) electrons. The first-order valence-electron chi connectivity index (χ1n) is 17.1. The third-order valence-corrected chi connectivity index (χ3v) is 7.81. The van der Waals surface area contributed by atoms with Gasteiger partial charge in [0.15, 0.2) is 6.29 Å². The van der Waals surface area contributed by atoms with Crippen LogP contribution in [0, 0.1) is 0 Å². The summed E-state index contributed by atoms with van der Waals surface area (Å²) in [6.07, 6.45) is 39.3. The van der Waals surface area contributed by atoms with Gasteiger partial charge in [0.05, 0.1) is 6.61 Å². The van der Waals surface area contributed by atoms with E-state index >= 15 is 0 Å². The molecule has 0 aliphatic carbocycles. The van der Waals surface area contributed by atoms with E-state index in [1.165, 1.54) is 148 Å². The first kappa shape index (κ1) is 35.4. The molecule has 1 unspecified atom stereocenters. The molecule has 1 heterocycles. The summed E-state index contributed by atoms with van der Waals surface area (Å²) in [5, 5.41) is 0. The molecule has 0 bridgehead atoms. The molecule has 0 N–H and O–H groups in total. The molecule has 0 aromatic carbocycles. The smallest absolute Gasteiger partial charge is 0.157 e. The zero-order valence-electron chi connectivity index (χ0n) is 25.9. The summed E-state index contributed by atoms with van der Waals surface area (Å²) in [5.41, 5.74) is 0. The number of likely N-dealkylation sites (tertiary alicyclic amines) is 1. The maximum atomic E-state index is 6.22. The third-order valence-electron chi connectivity index (χ3n) is 7.81. The summed E-state index contributed by atoms with van der Waals surface area (Å²) in [5.74, 6) is 0. The van der Waals surface area contributed by atoms with Gasteiger partial charge in [-0.15, -0.1) is 0 Å². The molecule has 1 rings (SSSR count). The standard InChI is InChI=1S/C35H67NO2/c1-3-5-7-9-11-12-13-14-15-16-17-18-19-20-21-22-24-29-35(37-33-27-23-10-8-6-4-2)38-34-28-32-36-30-25-26-31-36/h11-12,14-15,35H,3-10,13,16-34H2,1-2H3/b12-11-,15-14-. The molecule has 224 valence electrons. The molecular formula is C35H67NO2. The first-order valence-corrected chi connectivity index (χ1v) is 17.1. The van der Waals surface area contributed by atoms with E-state index in [-0.39, 0.29) is 6.29 Å². The van der Waals surface area contributed by atoms with Crippen LogP contribution in [0.1, 0.15) is 162 Å². The van der Waals surface area contributed by atoms with Crippen molar-refractivity contribution in [2.24, 2.45) is 0 Å². The van der Waals surface area contributed by atoms with Crippen molar-refractivity contribution in [2.45, 2.75) is 168 Å². The topological polar surface area (TPSA) is 21.7 Å². The molecule has 0 saturated carbocycles. The summed E-state index contributed by atoms with van der Waals surface area (Å²) in [7, 11) is 0. The Morgan fingerprint density at radius 1 is 0.553 bits per heavy atom. The van der Waals surface area contributed by atoms with E-state index in [4.69, 9.17) is 9.47 Å². The maximum Gasteiger partial charge on any atom is 0.157 e. The van der Waals surface area contributed by atoms with E-state index in [2.05, 4.69) is 43.1 Å². The number of ether oxygens (including phenoxy) is 2. The van der Waals surface area contributed by atoms with E-state index in [0.29, 0.717) is 0 Å². The Balaban J connectivity index is 2.01. The molecule has 1 atom stereocenters. The number of hydrogen-bond donors (Lipinski definition) is 0. The predicted octanol–water partition coefficient (Wildman–Crippen LogP) is 10.8. The van der Waals surface area contributed by atoms with Crippen LogP contribution in [0.15, 0.2) is 24.3 Å². The molecule has 38 heavy (non-hydrogen) atoms. The lowest BCUT2D eigenvalue weighted by molar-refractivity contribution is -0.148. The van der Waals surface area contributed by atoms with Crippen molar-refractivity contribution in [3.8, 4) is 0 Å². The fourth-order valence-corrected chi connectivity index (χ4v) is 5.30. The van der Waals surface area contributed by atoms with Crippen LogP contribution in [0.4, 0.5) is 0 Å². The van der Waals surface area contributed by atoms with Crippen molar-refractivity contribution < 1.29 is 9.47 Å². The highest BCUT2D eigenvalue weighted by Gasteiger charge is 2.12. The Bertz CT molecular complexity index is 512. The van der Waals surface area contributed by atoms with E-state index in [9.17, 15) is 0 Å². The number of nitrogens with zero attached hydrogens (tertiary/aromatic N) is 1. The monoisotopic (exact) mass is 534 g/mol. The number of unbranched alkanes of at least 4 members (excludes halogenated alkanes) is 15. The second-order valence-corrected chi connectivity index (χ2v) is 11.6. The minimum Gasteiger partial charge on any atom is -0.353 e. The molecule has 0 aromatic heterocycles. The largest absolute Gasteiger partial charge is 0.353 e. The summed E-state index contributed by atoms with van der Waals surface area (Å²) < 4.78 is 12.4. The van der Waals surface area contributed by atoms with Gasteiger partial charge in [-0.3, -0.25) is 0 Å². The molecule has 1 fully saturated rings. The summed E-state index contributed by atoms with van der Waals surface area (Å²) in [6, 6.07) is 0. The van der Waals surface area contributed by atoms with E-state index in [1.54, 1.807) is 0 Å². The van der Waals surface area contributed by atoms with Crippen molar-refractivity contribution in [1.29, 1.82) is 0 Å². The molecular weight excluding hydrogens is 466 g/mol. The van der Waals surface area contributed by atoms with Crippen molar-refractivity contribution in [3.05, 3.63) is 24.3 Å². The van der Waals surface area contributed by atoms with Crippen LogP contribution in [0.2, 0.25) is 0 Å². The number of allylic oxidation sites excluding steroid dienone is 4. The van der Waals surface area contributed by atoms with Gasteiger partial charge in [-0.2, -0.15) is 0 Å². The third kappa shape index (κ3) is 24.4. The van der Waals surface area contributed by atoms with Gasteiger partial charge in [-0.1, -0.05) is 115 Å². The van der Waals surface area contributed by atoms with Crippen LogP contribution in [0.3, 0.4) is 0 Å². The summed E-state index contributed by atoms with van der Waals surface area (Å²) >= 11 is 0. The van der Waals surface area contributed by atoms with Crippen molar-refractivity contribution >= 4 is 0 Å². The van der Waals surface area contributed by atoms with Gasteiger partial charge in [0.2, 0.25) is 0 Å². The second-order valence-electron chi connectivity index (χ2n) is 11.6. The lowest BCUT2D eigenvalue weighted by atomic mass is 10.1. The predicted molar refractivity (Wildman–Crippen MR) is 168 cm³/mol. The van der Waals surface area contributed by atoms with Gasteiger partial charge in [0.25, 0.3) is 0 Å². The molecule has 0 aromatic rings. The fourth-order valence-electron chi connectivity index (χ4n) is 5.30. The minimum absolute atomic E-state index is 0.0159. The lowest BCUT2D eigenvalue weighted by Gasteiger charge is -2.20. The Morgan fingerprint density at radius 2 is 1.05 bits per heavy atom. The van der Waals surface area contributed by atoms with Gasteiger partial charge in [-0.25, -0.2) is 0 Å². The van der Waals surface area contributed by atoms with Crippen LogP contribution in [0.5, 0.6) is 0 Å². The molecule has 3 heteroatoms. The van der Waals surface area contributed by atoms with Gasteiger partial charge in [-0.05, 0) is 83.7 Å². The van der Waals surface area contributed by atoms with Crippen LogP contribution >= 0.6 is 0 Å². The zero-order valence-corrected chi connectivity index (χ0v) is 25.9. The van der Waals surface area contributed by atoms with Crippen LogP contribution in [-0.2, 0) is 9.47 Å². The zero-order chi connectivity index (χ0) is 27.2. The lowest BCUT2D eigenvalue weighted by Crippen LogP contribution is -2.24. The van der Waals surface area contributed by atoms with Gasteiger partial charge >= 0.3 is 0 Å². The SMILES string of the molecule is CCCCC/C=C\C/C=C\CCCCCCCCCC(OCCCCCCCC)OCCCN1CCCC1. The van der Waals surface area contributed by atoms with Crippen molar-refractivity contribution in [2.75, 3.05) is 32.8 Å². The second kappa shape index (κ2) is 29.3. The number of hydrogen-bond acceptors (Lipinski definition) is 3. The van der Waals surface area contributed by atoms with Crippen LogP contribution < -0.4 is 0 Å². The molecule has 0 spiro atoms. The van der Waals surface area contributed by atoms with Gasteiger partial charge < -0.3 is 14.4 Å². The van der Waals surface area contributed by atoms with E-state index in [1.807, 2.05) is 0 Å². The molecule has 1 saturated heterocycles. The summed E-state index contributed by atoms with van der Waals surface area (Å²) in [6.45, 7) is 10.0. The first-order chi connectivity index (χ1) is 18.9. The summed E-state index contributed by atoms with van der Waals surface area (Å²) in [4.78, 5) is 2.58. The van der Waals surface area contributed by atoms with Crippen LogP contribution in [0.25, 0.3) is 0 Å². The molecule has 1 aliphatic heterocycles.